The van der Waals surface area contributed by atoms with E-state index in [0.29, 0.717) is 35.4 Å². The summed E-state index contributed by atoms with van der Waals surface area (Å²) in [4.78, 5) is 12.3. The maximum absolute atomic E-state index is 12.3. The second kappa shape index (κ2) is 10.3. The number of hydrogen-bond donors (Lipinski definition) is 1. The number of rotatable bonds is 9. The maximum atomic E-state index is 12.3. The Morgan fingerprint density at radius 1 is 1.15 bits per heavy atom. The van der Waals surface area contributed by atoms with Gasteiger partial charge in [-0.1, -0.05) is 42.3 Å². The predicted octanol–water partition coefficient (Wildman–Crippen LogP) is 4.87. The highest BCUT2D eigenvalue weighted by atomic mass is 35.5. The molecule has 1 amide bonds. The van der Waals surface area contributed by atoms with E-state index in [1.165, 1.54) is 0 Å². The lowest BCUT2D eigenvalue weighted by Gasteiger charge is -2.16. The van der Waals surface area contributed by atoms with Crippen molar-refractivity contribution in [2.24, 2.45) is 0 Å². The number of hydrogen-bond acceptors (Lipinski definition) is 4. The van der Waals surface area contributed by atoms with E-state index in [2.05, 4.69) is 5.32 Å². The number of nitrogens with one attached hydrogen (secondary N) is 1. The van der Waals surface area contributed by atoms with Crippen molar-refractivity contribution in [2.75, 3.05) is 13.7 Å². The number of amides is 1. The van der Waals surface area contributed by atoms with Gasteiger partial charge >= 0.3 is 0 Å². The molecule has 2 aromatic rings. The monoisotopic (exact) mass is 411 g/mol. The molecule has 1 N–H and O–H groups in total. The average molecular weight is 412 g/mol. The molecule has 0 spiro atoms. The summed E-state index contributed by atoms with van der Waals surface area (Å²) < 4.78 is 16.6. The zero-order valence-corrected chi connectivity index (χ0v) is 17.1. The summed E-state index contributed by atoms with van der Waals surface area (Å²) >= 11 is 12.0. The number of carbonyl (C=O) groups excluding carboxylic acids is 1. The fourth-order valence-electron chi connectivity index (χ4n) is 2.31. The minimum absolute atomic E-state index is 0.267. The Morgan fingerprint density at radius 2 is 1.93 bits per heavy atom. The van der Waals surface area contributed by atoms with Crippen LogP contribution in [0.25, 0.3) is 0 Å². The maximum Gasteiger partial charge on any atom is 0.261 e. The van der Waals surface area contributed by atoms with Gasteiger partial charge < -0.3 is 19.5 Å². The number of ether oxygens (including phenoxy) is 3. The van der Waals surface area contributed by atoms with Crippen LogP contribution >= 0.6 is 23.2 Å². The third-order valence-corrected chi connectivity index (χ3v) is 4.55. The van der Waals surface area contributed by atoms with Crippen LogP contribution in [0.15, 0.2) is 36.4 Å². The van der Waals surface area contributed by atoms with Crippen molar-refractivity contribution >= 4 is 29.1 Å². The van der Waals surface area contributed by atoms with Gasteiger partial charge in [0, 0.05) is 6.54 Å². The van der Waals surface area contributed by atoms with Gasteiger partial charge in [0.1, 0.15) is 10.8 Å². The van der Waals surface area contributed by atoms with E-state index in [4.69, 9.17) is 37.4 Å². The molecule has 7 heteroatoms. The molecule has 0 fully saturated rings. The van der Waals surface area contributed by atoms with E-state index in [1.807, 2.05) is 25.1 Å². The van der Waals surface area contributed by atoms with Crippen molar-refractivity contribution < 1.29 is 19.0 Å². The van der Waals surface area contributed by atoms with Crippen molar-refractivity contribution in [2.45, 2.75) is 32.9 Å². The first-order valence-electron chi connectivity index (χ1n) is 8.64. The first kappa shape index (κ1) is 21.2. The lowest BCUT2D eigenvalue weighted by molar-refractivity contribution is -0.127. The third kappa shape index (κ3) is 5.94. The molecule has 0 radical (unpaired) electrons. The Labute approximate surface area is 169 Å². The second-order valence-corrected chi connectivity index (χ2v) is 6.65. The van der Waals surface area contributed by atoms with Crippen LogP contribution in [-0.4, -0.2) is 25.7 Å². The standard InChI is InChI=1S/C20H23Cl2NO4/c1-4-10-26-16-9-8-14(11-18(16)25-3)12-23-20(24)13(2)27-17-7-5-6-15(21)19(17)22/h5-9,11,13H,4,10,12H2,1-3H3,(H,23,24). The third-order valence-electron chi connectivity index (χ3n) is 3.75. The molecule has 0 saturated carbocycles. The van der Waals surface area contributed by atoms with Crippen LogP contribution in [0, 0.1) is 0 Å². The Balaban J connectivity index is 1.95. The van der Waals surface area contributed by atoms with Crippen molar-refractivity contribution in [3.05, 3.63) is 52.0 Å². The predicted molar refractivity (Wildman–Crippen MR) is 107 cm³/mol. The van der Waals surface area contributed by atoms with Crippen LogP contribution in [0.5, 0.6) is 17.2 Å². The molecule has 2 rings (SSSR count). The lowest BCUT2D eigenvalue weighted by Crippen LogP contribution is -2.35. The van der Waals surface area contributed by atoms with Gasteiger partial charge in [0.05, 0.1) is 18.7 Å². The number of methoxy groups -OCH3 is 1. The Kier molecular flexibility index (Phi) is 8.07. The highest BCUT2D eigenvalue weighted by molar-refractivity contribution is 6.42. The van der Waals surface area contributed by atoms with E-state index in [1.54, 1.807) is 32.2 Å². The van der Waals surface area contributed by atoms with E-state index < -0.39 is 6.10 Å². The first-order chi connectivity index (χ1) is 13.0. The van der Waals surface area contributed by atoms with Crippen molar-refractivity contribution in [1.29, 1.82) is 0 Å². The van der Waals surface area contributed by atoms with Gasteiger partial charge in [-0.05, 0) is 43.2 Å². The quantitative estimate of drug-likeness (QED) is 0.638. The van der Waals surface area contributed by atoms with Crippen LogP contribution in [0.3, 0.4) is 0 Å². The first-order valence-corrected chi connectivity index (χ1v) is 9.40. The van der Waals surface area contributed by atoms with Gasteiger partial charge in [-0.25, -0.2) is 0 Å². The Bertz CT molecular complexity index is 783. The molecule has 0 heterocycles. The largest absolute Gasteiger partial charge is 0.493 e. The minimum Gasteiger partial charge on any atom is -0.493 e. The normalized spacial score (nSPS) is 11.6. The number of halogens is 2. The summed E-state index contributed by atoms with van der Waals surface area (Å²) in [5, 5.41) is 3.49. The second-order valence-electron chi connectivity index (χ2n) is 5.86. The zero-order valence-electron chi connectivity index (χ0n) is 15.6. The van der Waals surface area contributed by atoms with Crippen molar-refractivity contribution in [1.82, 2.24) is 5.32 Å². The van der Waals surface area contributed by atoms with E-state index in [9.17, 15) is 4.79 Å². The molecule has 2 aromatic carbocycles. The molecule has 0 saturated heterocycles. The van der Waals surface area contributed by atoms with E-state index >= 15 is 0 Å². The van der Waals surface area contributed by atoms with Crippen LogP contribution in [0.4, 0.5) is 0 Å². The molecule has 5 nitrogen and oxygen atoms in total. The lowest BCUT2D eigenvalue weighted by atomic mass is 10.2. The molecule has 27 heavy (non-hydrogen) atoms. The molecule has 0 aliphatic rings. The summed E-state index contributed by atoms with van der Waals surface area (Å²) in [6, 6.07) is 10.6. The van der Waals surface area contributed by atoms with Crippen molar-refractivity contribution in [3.8, 4) is 17.2 Å². The minimum atomic E-state index is -0.727. The molecule has 0 aromatic heterocycles. The summed E-state index contributed by atoms with van der Waals surface area (Å²) in [7, 11) is 1.58. The SMILES string of the molecule is CCCOc1ccc(CNC(=O)C(C)Oc2cccc(Cl)c2Cl)cc1OC. The van der Waals surface area contributed by atoms with Gasteiger partial charge in [0.25, 0.3) is 5.91 Å². The smallest absolute Gasteiger partial charge is 0.261 e. The molecule has 0 bridgehead atoms. The Hall–Kier alpha value is -2.11. The van der Waals surface area contributed by atoms with Crippen LogP contribution in [0.1, 0.15) is 25.8 Å². The number of benzene rings is 2. The van der Waals surface area contributed by atoms with Crippen LogP contribution in [0.2, 0.25) is 10.0 Å². The van der Waals surface area contributed by atoms with Crippen LogP contribution in [-0.2, 0) is 11.3 Å². The number of carbonyl (C=O) groups is 1. The zero-order chi connectivity index (χ0) is 19.8. The van der Waals surface area contributed by atoms with Crippen LogP contribution < -0.4 is 19.5 Å². The van der Waals surface area contributed by atoms with Gasteiger partial charge in [0.15, 0.2) is 17.6 Å². The van der Waals surface area contributed by atoms with Crippen molar-refractivity contribution in [3.63, 3.8) is 0 Å². The molecule has 146 valence electrons. The van der Waals surface area contributed by atoms with Gasteiger partial charge in [-0.2, -0.15) is 0 Å². The topological polar surface area (TPSA) is 56.8 Å². The average Bonchev–Trinajstić information content (AvgIpc) is 2.68. The fourth-order valence-corrected chi connectivity index (χ4v) is 2.64. The molecule has 1 atom stereocenters. The van der Waals surface area contributed by atoms with Gasteiger partial charge in [0.2, 0.25) is 0 Å². The van der Waals surface area contributed by atoms with E-state index in [0.717, 1.165) is 12.0 Å². The molecule has 0 aliphatic heterocycles. The summed E-state index contributed by atoms with van der Waals surface area (Å²) in [6.45, 7) is 4.64. The highest BCUT2D eigenvalue weighted by Crippen LogP contribution is 2.32. The van der Waals surface area contributed by atoms with E-state index in [-0.39, 0.29) is 10.9 Å². The summed E-state index contributed by atoms with van der Waals surface area (Å²) in [5.41, 5.74) is 0.886. The summed E-state index contributed by atoms with van der Waals surface area (Å²) in [6.07, 6.45) is 0.185. The van der Waals surface area contributed by atoms with Gasteiger partial charge in [-0.3, -0.25) is 4.79 Å². The molecular weight excluding hydrogens is 389 g/mol. The molecule has 0 aliphatic carbocycles. The van der Waals surface area contributed by atoms with Gasteiger partial charge in [-0.15, -0.1) is 0 Å². The molecular formula is C20H23Cl2NO4. The Morgan fingerprint density at radius 3 is 2.63 bits per heavy atom. The highest BCUT2D eigenvalue weighted by Gasteiger charge is 2.17. The fraction of sp³-hybridized carbons (Fsp3) is 0.350. The molecule has 1 unspecified atom stereocenters. The summed E-state index contributed by atoms with van der Waals surface area (Å²) in [5.74, 6) is 1.41.